The summed E-state index contributed by atoms with van der Waals surface area (Å²) in [4.78, 5) is 12.7. The topological polar surface area (TPSA) is 66.5 Å². The van der Waals surface area contributed by atoms with E-state index in [9.17, 15) is 17.6 Å². The molecule has 0 aliphatic heterocycles. The molecule has 0 aliphatic rings. The van der Waals surface area contributed by atoms with Crippen molar-refractivity contribution in [3.05, 3.63) is 95.3 Å². The second-order valence-electron chi connectivity index (χ2n) is 6.56. The van der Waals surface area contributed by atoms with Crippen LogP contribution in [0, 0.1) is 5.82 Å². The van der Waals surface area contributed by atoms with Crippen molar-refractivity contribution in [2.75, 3.05) is 18.4 Å². The van der Waals surface area contributed by atoms with Gasteiger partial charge in [0.1, 0.15) is 5.82 Å². The number of carbonyl (C=O) groups is 1. The monoisotopic (exact) mass is 446 g/mol. The molecule has 3 rings (SSSR count). The Morgan fingerprint density at radius 3 is 2.23 bits per heavy atom. The number of carbonyl (C=O) groups excluding carboxylic acids is 1. The highest BCUT2D eigenvalue weighted by atomic mass is 35.5. The fourth-order valence-electron chi connectivity index (χ4n) is 2.86. The van der Waals surface area contributed by atoms with Crippen LogP contribution in [0.15, 0.2) is 83.8 Å². The van der Waals surface area contributed by atoms with Crippen LogP contribution in [0.1, 0.15) is 5.56 Å². The Morgan fingerprint density at radius 2 is 1.60 bits per heavy atom. The maximum absolute atomic E-state index is 13.3. The number of benzene rings is 3. The first-order valence-electron chi connectivity index (χ1n) is 9.20. The second kappa shape index (κ2) is 9.84. The molecular weight excluding hydrogens is 427 g/mol. The molecule has 0 bridgehead atoms. The molecule has 0 saturated heterocycles. The quantitative estimate of drug-likeness (QED) is 0.559. The summed E-state index contributed by atoms with van der Waals surface area (Å²) in [5.41, 5.74) is 1.24. The van der Waals surface area contributed by atoms with Gasteiger partial charge < -0.3 is 5.32 Å². The van der Waals surface area contributed by atoms with Crippen molar-refractivity contribution < 1.29 is 17.6 Å². The fraction of sp³-hybridized carbons (Fsp3) is 0.136. The normalized spacial score (nSPS) is 11.4. The molecular formula is C22H20ClFN2O3S. The summed E-state index contributed by atoms with van der Waals surface area (Å²) >= 11 is 5.74. The van der Waals surface area contributed by atoms with E-state index in [0.717, 1.165) is 15.9 Å². The van der Waals surface area contributed by atoms with Gasteiger partial charge in [0.15, 0.2) is 0 Å². The number of nitrogens with one attached hydrogen (secondary N) is 1. The molecule has 5 nitrogen and oxygen atoms in total. The summed E-state index contributed by atoms with van der Waals surface area (Å²) in [5, 5.41) is 2.43. The van der Waals surface area contributed by atoms with Gasteiger partial charge in [0, 0.05) is 12.2 Å². The van der Waals surface area contributed by atoms with Crippen molar-refractivity contribution in [1.82, 2.24) is 4.31 Å². The second-order valence-corrected chi connectivity index (χ2v) is 8.91. The Morgan fingerprint density at radius 1 is 0.967 bits per heavy atom. The molecule has 0 atom stereocenters. The third-order valence-electron chi connectivity index (χ3n) is 4.40. The van der Waals surface area contributed by atoms with E-state index in [-0.39, 0.29) is 28.7 Å². The number of sulfonamides is 1. The van der Waals surface area contributed by atoms with Gasteiger partial charge in [0.25, 0.3) is 0 Å². The molecule has 8 heteroatoms. The summed E-state index contributed by atoms with van der Waals surface area (Å²) in [7, 11) is -3.89. The minimum absolute atomic E-state index is 0.107. The summed E-state index contributed by atoms with van der Waals surface area (Å²) < 4.78 is 40.7. The highest BCUT2D eigenvalue weighted by molar-refractivity contribution is 7.89. The molecule has 0 saturated carbocycles. The summed E-state index contributed by atoms with van der Waals surface area (Å²) in [6.45, 7) is -0.266. The van der Waals surface area contributed by atoms with E-state index in [2.05, 4.69) is 5.32 Å². The Hall–Kier alpha value is -2.74. The van der Waals surface area contributed by atoms with Gasteiger partial charge >= 0.3 is 0 Å². The molecule has 156 valence electrons. The molecule has 3 aromatic rings. The highest BCUT2D eigenvalue weighted by Crippen LogP contribution is 2.20. The van der Waals surface area contributed by atoms with Gasteiger partial charge in [-0.15, -0.1) is 0 Å². The predicted molar refractivity (Wildman–Crippen MR) is 115 cm³/mol. The van der Waals surface area contributed by atoms with Gasteiger partial charge in [0.05, 0.1) is 16.5 Å². The van der Waals surface area contributed by atoms with E-state index in [1.807, 2.05) is 30.3 Å². The smallest absolute Gasteiger partial charge is 0.243 e. The molecule has 0 heterocycles. The Labute approximate surface area is 180 Å². The van der Waals surface area contributed by atoms with Crippen LogP contribution in [0.4, 0.5) is 10.1 Å². The van der Waals surface area contributed by atoms with Crippen molar-refractivity contribution >= 4 is 33.2 Å². The van der Waals surface area contributed by atoms with E-state index in [0.29, 0.717) is 6.42 Å². The summed E-state index contributed by atoms with van der Waals surface area (Å²) in [6, 6.07) is 21.1. The molecule has 0 spiro atoms. The van der Waals surface area contributed by atoms with Crippen LogP contribution in [0.2, 0.25) is 5.02 Å². The Kier molecular flexibility index (Phi) is 7.20. The van der Waals surface area contributed by atoms with Crippen LogP contribution < -0.4 is 5.32 Å². The van der Waals surface area contributed by atoms with Gasteiger partial charge in [-0.05, 0) is 42.3 Å². The lowest BCUT2D eigenvalue weighted by molar-refractivity contribution is -0.116. The van der Waals surface area contributed by atoms with Crippen LogP contribution in [-0.4, -0.2) is 31.7 Å². The summed E-state index contributed by atoms with van der Waals surface area (Å²) in [6.07, 6.45) is 0.447. The van der Waals surface area contributed by atoms with Crippen molar-refractivity contribution in [3.63, 3.8) is 0 Å². The average Bonchev–Trinajstić information content (AvgIpc) is 2.75. The molecule has 0 aromatic heterocycles. The van der Waals surface area contributed by atoms with Crippen LogP contribution in [0.25, 0.3) is 0 Å². The minimum atomic E-state index is -3.89. The first kappa shape index (κ1) is 22.0. The zero-order chi connectivity index (χ0) is 21.6. The van der Waals surface area contributed by atoms with Gasteiger partial charge in [-0.2, -0.15) is 4.31 Å². The average molecular weight is 447 g/mol. The summed E-state index contributed by atoms with van der Waals surface area (Å²) in [5.74, 6) is -1.16. The fourth-order valence-corrected chi connectivity index (χ4v) is 4.46. The lowest BCUT2D eigenvalue weighted by atomic mass is 10.1. The number of halogens is 2. The maximum atomic E-state index is 13.3. The SMILES string of the molecule is O=C(CN(CCc1ccccc1)S(=O)(=O)c1ccccc1)Nc1ccc(F)c(Cl)c1. The van der Waals surface area contributed by atoms with Crippen LogP contribution in [0.3, 0.4) is 0 Å². The van der Waals surface area contributed by atoms with E-state index < -0.39 is 21.7 Å². The Balaban J connectivity index is 1.79. The molecule has 0 aliphatic carbocycles. The molecule has 30 heavy (non-hydrogen) atoms. The van der Waals surface area contributed by atoms with Crippen LogP contribution in [-0.2, 0) is 21.2 Å². The number of nitrogens with zero attached hydrogens (tertiary/aromatic N) is 1. The maximum Gasteiger partial charge on any atom is 0.243 e. The molecule has 1 N–H and O–H groups in total. The first-order valence-corrected chi connectivity index (χ1v) is 11.0. The zero-order valence-corrected chi connectivity index (χ0v) is 17.5. The molecule has 3 aromatic carbocycles. The van der Waals surface area contributed by atoms with Crippen molar-refractivity contribution in [2.45, 2.75) is 11.3 Å². The van der Waals surface area contributed by atoms with Gasteiger partial charge in [-0.1, -0.05) is 60.1 Å². The van der Waals surface area contributed by atoms with Crippen molar-refractivity contribution in [1.29, 1.82) is 0 Å². The predicted octanol–water partition coefficient (Wildman–Crippen LogP) is 4.35. The van der Waals surface area contributed by atoms with Crippen LogP contribution in [0.5, 0.6) is 0 Å². The third kappa shape index (κ3) is 5.66. The standard InChI is InChI=1S/C22H20ClFN2O3S/c23-20-15-18(11-12-21(20)24)25-22(27)16-26(14-13-17-7-3-1-4-8-17)30(28,29)19-9-5-2-6-10-19/h1-12,15H,13-14,16H2,(H,25,27). The van der Waals surface area contributed by atoms with Crippen LogP contribution >= 0.6 is 11.6 Å². The number of rotatable bonds is 8. The number of hydrogen-bond acceptors (Lipinski definition) is 3. The van der Waals surface area contributed by atoms with Crippen molar-refractivity contribution in [3.8, 4) is 0 Å². The lowest BCUT2D eigenvalue weighted by Gasteiger charge is -2.22. The van der Waals surface area contributed by atoms with E-state index in [4.69, 9.17) is 11.6 Å². The number of amides is 1. The zero-order valence-electron chi connectivity index (χ0n) is 16.0. The Bertz CT molecular complexity index is 1110. The first-order chi connectivity index (χ1) is 14.4. The van der Waals surface area contributed by atoms with Gasteiger partial charge in [0.2, 0.25) is 15.9 Å². The molecule has 1 amide bonds. The van der Waals surface area contributed by atoms with Gasteiger partial charge in [-0.25, -0.2) is 12.8 Å². The lowest BCUT2D eigenvalue weighted by Crippen LogP contribution is -2.39. The highest BCUT2D eigenvalue weighted by Gasteiger charge is 2.26. The van der Waals surface area contributed by atoms with E-state index >= 15 is 0 Å². The van der Waals surface area contributed by atoms with Gasteiger partial charge in [-0.3, -0.25) is 4.79 Å². The minimum Gasteiger partial charge on any atom is -0.325 e. The molecule has 0 fully saturated rings. The van der Waals surface area contributed by atoms with E-state index in [1.54, 1.807) is 18.2 Å². The van der Waals surface area contributed by atoms with Crippen molar-refractivity contribution in [2.24, 2.45) is 0 Å². The largest absolute Gasteiger partial charge is 0.325 e. The number of anilines is 1. The molecule has 0 unspecified atom stereocenters. The number of hydrogen-bond donors (Lipinski definition) is 1. The van der Waals surface area contributed by atoms with E-state index in [1.165, 1.54) is 24.3 Å². The molecule has 0 radical (unpaired) electrons. The third-order valence-corrected chi connectivity index (χ3v) is 6.55.